The van der Waals surface area contributed by atoms with Gasteiger partial charge < -0.3 is 16.0 Å². The molecule has 5 nitrogen and oxygen atoms in total. The lowest BCUT2D eigenvalue weighted by molar-refractivity contribution is -0.115. The summed E-state index contributed by atoms with van der Waals surface area (Å²) in [5.74, 6) is 0.615. The quantitative estimate of drug-likeness (QED) is 0.714. The fraction of sp³-hybridized carbons (Fsp3) is 0.529. The summed E-state index contributed by atoms with van der Waals surface area (Å²) >= 11 is 0. The second kappa shape index (κ2) is 8.89. The smallest absolute Gasteiger partial charge is 0.251 e. The molecule has 0 unspecified atom stereocenters. The van der Waals surface area contributed by atoms with Gasteiger partial charge in [0.1, 0.15) is 0 Å². The first-order chi connectivity index (χ1) is 10.5. The van der Waals surface area contributed by atoms with Crippen molar-refractivity contribution in [2.75, 3.05) is 18.4 Å². The molecule has 1 fully saturated rings. The highest BCUT2D eigenvalue weighted by Gasteiger charge is 2.20. The summed E-state index contributed by atoms with van der Waals surface area (Å²) in [5, 5.41) is 8.88. The van der Waals surface area contributed by atoms with E-state index < -0.39 is 0 Å². The Morgan fingerprint density at radius 3 is 2.52 bits per heavy atom. The van der Waals surface area contributed by atoms with Crippen molar-refractivity contribution in [2.24, 2.45) is 5.92 Å². The lowest BCUT2D eigenvalue weighted by Gasteiger charge is -2.12. The van der Waals surface area contributed by atoms with Gasteiger partial charge in [0.2, 0.25) is 5.91 Å². The fourth-order valence-corrected chi connectivity index (χ4v) is 2.25. The Hall–Kier alpha value is -1.59. The number of rotatable bonds is 7. The van der Waals surface area contributed by atoms with Crippen LogP contribution in [-0.4, -0.2) is 30.9 Å². The molecule has 1 aliphatic carbocycles. The number of anilines is 1. The summed E-state index contributed by atoms with van der Waals surface area (Å²) in [7, 11) is 0. The van der Waals surface area contributed by atoms with Gasteiger partial charge >= 0.3 is 0 Å². The maximum Gasteiger partial charge on any atom is 0.251 e. The molecule has 0 bridgehead atoms. The van der Waals surface area contributed by atoms with Crippen molar-refractivity contribution in [1.82, 2.24) is 10.6 Å². The molecule has 1 aromatic rings. The Labute approximate surface area is 144 Å². The Morgan fingerprint density at radius 2 is 1.96 bits per heavy atom. The highest BCUT2D eigenvalue weighted by atomic mass is 35.5. The first-order valence-electron chi connectivity index (χ1n) is 7.88. The van der Waals surface area contributed by atoms with Crippen molar-refractivity contribution in [2.45, 2.75) is 39.7 Å². The summed E-state index contributed by atoms with van der Waals surface area (Å²) in [4.78, 5) is 23.8. The van der Waals surface area contributed by atoms with Crippen LogP contribution in [0.1, 0.15) is 42.6 Å². The average Bonchev–Trinajstić information content (AvgIpc) is 3.21. The maximum absolute atomic E-state index is 12.0. The molecule has 128 valence electrons. The second-order valence-corrected chi connectivity index (χ2v) is 6.28. The molecule has 2 rings (SSSR count). The lowest BCUT2D eigenvalue weighted by atomic mass is 10.1. The van der Waals surface area contributed by atoms with Crippen molar-refractivity contribution < 1.29 is 9.59 Å². The molecule has 0 aromatic heterocycles. The minimum absolute atomic E-state index is 0. The highest BCUT2D eigenvalue weighted by molar-refractivity contribution is 5.97. The molecule has 1 saturated carbocycles. The number of halogens is 1. The van der Waals surface area contributed by atoms with E-state index in [-0.39, 0.29) is 30.3 Å². The van der Waals surface area contributed by atoms with Gasteiger partial charge in [-0.15, -0.1) is 12.4 Å². The number of amides is 2. The van der Waals surface area contributed by atoms with E-state index >= 15 is 0 Å². The number of benzene rings is 1. The van der Waals surface area contributed by atoms with Crippen LogP contribution in [0.4, 0.5) is 5.69 Å². The summed E-state index contributed by atoms with van der Waals surface area (Å²) in [6, 6.07) is 5.44. The van der Waals surface area contributed by atoms with Gasteiger partial charge in [-0.3, -0.25) is 9.59 Å². The molecule has 0 saturated heterocycles. The molecular formula is C17H26ClN3O2. The van der Waals surface area contributed by atoms with E-state index in [9.17, 15) is 9.59 Å². The molecule has 23 heavy (non-hydrogen) atoms. The van der Waals surface area contributed by atoms with E-state index in [2.05, 4.69) is 16.0 Å². The van der Waals surface area contributed by atoms with E-state index in [0.717, 1.165) is 23.7 Å². The standard InChI is InChI=1S/C17H25N3O2.ClH/c1-11(2)19-17(22)15-7-6-14(8-12(15)3)20-16(21)10-18-9-13-4-5-13;/h6-8,11,13,18H,4-5,9-10H2,1-3H3,(H,19,22)(H,20,21);1H. The molecule has 3 N–H and O–H groups in total. The van der Waals surface area contributed by atoms with Crippen molar-refractivity contribution in [1.29, 1.82) is 0 Å². The van der Waals surface area contributed by atoms with Crippen LogP contribution in [0.2, 0.25) is 0 Å². The van der Waals surface area contributed by atoms with Crippen LogP contribution in [0.25, 0.3) is 0 Å². The first kappa shape index (κ1) is 19.5. The third-order valence-corrected chi connectivity index (χ3v) is 3.59. The minimum atomic E-state index is -0.0866. The van der Waals surface area contributed by atoms with Crippen LogP contribution >= 0.6 is 12.4 Å². The largest absolute Gasteiger partial charge is 0.350 e. The predicted molar refractivity (Wildman–Crippen MR) is 95.3 cm³/mol. The number of hydrogen-bond donors (Lipinski definition) is 3. The van der Waals surface area contributed by atoms with Gasteiger partial charge in [-0.25, -0.2) is 0 Å². The number of carbonyl (C=O) groups excluding carboxylic acids is 2. The third-order valence-electron chi connectivity index (χ3n) is 3.59. The number of hydrogen-bond acceptors (Lipinski definition) is 3. The Kier molecular flexibility index (Phi) is 7.52. The van der Waals surface area contributed by atoms with Gasteiger partial charge in [-0.05, 0) is 69.8 Å². The number of nitrogens with one attached hydrogen (secondary N) is 3. The van der Waals surface area contributed by atoms with E-state index in [4.69, 9.17) is 0 Å². The van der Waals surface area contributed by atoms with Crippen molar-refractivity contribution in [3.05, 3.63) is 29.3 Å². The minimum Gasteiger partial charge on any atom is -0.350 e. The van der Waals surface area contributed by atoms with Crippen molar-refractivity contribution in [3.8, 4) is 0 Å². The molecule has 2 amide bonds. The molecule has 0 radical (unpaired) electrons. The van der Waals surface area contributed by atoms with Gasteiger partial charge in [0.15, 0.2) is 0 Å². The Bertz CT molecular complexity index is 557. The maximum atomic E-state index is 12.0. The van der Waals surface area contributed by atoms with Crippen LogP contribution in [0.3, 0.4) is 0 Å². The zero-order chi connectivity index (χ0) is 16.1. The zero-order valence-electron chi connectivity index (χ0n) is 13.9. The summed E-state index contributed by atoms with van der Waals surface area (Å²) < 4.78 is 0. The zero-order valence-corrected chi connectivity index (χ0v) is 14.8. The second-order valence-electron chi connectivity index (χ2n) is 6.28. The van der Waals surface area contributed by atoms with Gasteiger partial charge in [-0.2, -0.15) is 0 Å². The van der Waals surface area contributed by atoms with E-state index in [1.807, 2.05) is 26.8 Å². The molecular weight excluding hydrogens is 314 g/mol. The first-order valence-corrected chi connectivity index (χ1v) is 7.88. The van der Waals surface area contributed by atoms with E-state index in [1.165, 1.54) is 12.8 Å². The summed E-state index contributed by atoms with van der Waals surface area (Å²) in [6.45, 7) is 6.97. The Balaban J connectivity index is 0.00000264. The SMILES string of the molecule is Cc1cc(NC(=O)CNCC2CC2)ccc1C(=O)NC(C)C.Cl. The monoisotopic (exact) mass is 339 g/mol. The average molecular weight is 340 g/mol. The number of carbonyl (C=O) groups is 2. The third kappa shape index (κ3) is 6.59. The molecule has 6 heteroatoms. The van der Waals surface area contributed by atoms with Crippen LogP contribution in [-0.2, 0) is 4.79 Å². The molecule has 0 aliphatic heterocycles. The van der Waals surface area contributed by atoms with Crippen molar-refractivity contribution in [3.63, 3.8) is 0 Å². The molecule has 0 atom stereocenters. The van der Waals surface area contributed by atoms with Gasteiger partial charge in [-0.1, -0.05) is 0 Å². The van der Waals surface area contributed by atoms with Gasteiger partial charge in [0.25, 0.3) is 5.91 Å². The van der Waals surface area contributed by atoms with Crippen LogP contribution in [0, 0.1) is 12.8 Å². The number of aryl methyl sites for hydroxylation is 1. The molecule has 0 heterocycles. The topological polar surface area (TPSA) is 70.2 Å². The molecule has 0 spiro atoms. The summed E-state index contributed by atoms with van der Waals surface area (Å²) in [5.41, 5.74) is 2.21. The molecule has 1 aliphatic rings. The van der Waals surface area contributed by atoms with Crippen LogP contribution < -0.4 is 16.0 Å². The fourth-order valence-electron chi connectivity index (χ4n) is 2.25. The van der Waals surface area contributed by atoms with Gasteiger partial charge in [0.05, 0.1) is 6.54 Å². The van der Waals surface area contributed by atoms with Crippen LogP contribution in [0.15, 0.2) is 18.2 Å². The molecule has 1 aromatic carbocycles. The van der Waals surface area contributed by atoms with E-state index in [1.54, 1.807) is 12.1 Å². The Morgan fingerprint density at radius 1 is 1.26 bits per heavy atom. The predicted octanol–water partition coefficient (Wildman–Crippen LogP) is 2.49. The van der Waals surface area contributed by atoms with E-state index in [0.29, 0.717) is 12.1 Å². The normalized spacial score (nSPS) is 13.4. The van der Waals surface area contributed by atoms with Crippen molar-refractivity contribution >= 4 is 29.9 Å². The lowest BCUT2D eigenvalue weighted by Crippen LogP contribution is -2.31. The van der Waals surface area contributed by atoms with Gasteiger partial charge in [0, 0.05) is 17.3 Å². The highest BCUT2D eigenvalue weighted by Crippen LogP contribution is 2.27. The van der Waals surface area contributed by atoms with Crippen LogP contribution in [0.5, 0.6) is 0 Å². The summed E-state index contributed by atoms with van der Waals surface area (Å²) in [6.07, 6.45) is 2.54.